The maximum Gasteiger partial charge on any atom is 0.248 e. The predicted octanol–water partition coefficient (Wildman–Crippen LogP) is 0.684. The van der Waals surface area contributed by atoms with Crippen LogP contribution < -0.4 is 0 Å². The average Bonchev–Trinajstić information content (AvgIpc) is 2.16. The summed E-state index contributed by atoms with van der Waals surface area (Å²) in [5, 5.41) is 0. The van der Waals surface area contributed by atoms with E-state index in [0.717, 1.165) is 0 Å². The van der Waals surface area contributed by atoms with Crippen LogP contribution in [0.2, 0.25) is 0 Å². The number of hydrogen-bond acceptors (Lipinski definition) is 3. The Morgan fingerprint density at radius 1 is 1.36 bits per heavy atom. The number of methoxy groups -OCH3 is 1. The maximum atomic E-state index is 11.3. The van der Waals surface area contributed by atoms with Crippen molar-refractivity contribution in [3.63, 3.8) is 0 Å². The normalized spacial score (nSPS) is 9.93. The van der Waals surface area contributed by atoms with Crippen molar-refractivity contribution in [3.8, 4) is 0 Å². The zero-order valence-corrected chi connectivity index (χ0v) is 9.21. The third-order valence-corrected chi connectivity index (χ3v) is 1.71. The number of nitrogens with zero attached hydrogens (tertiary/aromatic N) is 1. The molecule has 0 aliphatic rings. The predicted molar refractivity (Wildman–Crippen MR) is 55.1 cm³/mol. The molecule has 0 heterocycles. The second kappa shape index (κ2) is 7.53. The van der Waals surface area contributed by atoms with Crippen molar-refractivity contribution in [2.24, 2.45) is 0 Å². The molecule has 14 heavy (non-hydrogen) atoms. The van der Waals surface area contributed by atoms with Gasteiger partial charge in [-0.1, -0.05) is 6.58 Å². The largest absolute Gasteiger partial charge is 0.382 e. The van der Waals surface area contributed by atoms with E-state index in [0.29, 0.717) is 31.9 Å². The Kier molecular flexibility index (Phi) is 7.06. The molecule has 0 bridgehead atoms. The minimum absolute atomic E-state index is 0.0414. The van der Waals surface area contributed by atoms with Crippen molar-refractivity contribution < 1.29 is 14.3 Å². The fraction of sp³-hybridized carbons (Fsp3) is 0.700. The van der Waals surface area contributed by atoms with Gasteiger partial charge in [-0.25, -0.2) is 0 Å². The molecule has 0 radical (unpaired) electrons. The van der Waals surface area contributed by atoms with E-state index in [4.69, 9.17) is 9.47 Å². The third kappa shape index (κ3) is 5.72. The molecule has 0 rings (SSSR count). The lowest BCUT2D eigenvalue weighted by atomic mass is 10.3. The van der Waals surface area contributed by atoms with E-state index in [1.54, 1.807) is 26.0 Å². The molecule has 0 aromatic rings. The van der Waals surface area contributed by atoms with Crippen molar-refractivity contribution in [1.82, 2.24) is 4.90 Å². The summed E-state index contributed by atoms with van der Waals surface area (Å²) < 4.78 is 10.0. The summed E-state index contributed by atoms with van der Waals surface area (Å²) in [6, 6.07) is 0. The molecule has 0 fully saturated rings. The summed E-state index contributed by atoms with van der Waals surface area (Å²) in [5.74, 6) is -0.0414. The summed E-state index contributed by atoms with van der Waals surface area (Å²) >= 11 is 0. The lowest BCUT2D eigenvalue weighted by molar-refractivity contribution is -0.126. The number of likely N-dealkylation sites (N-methyl/N-ethyl adjacent to an activating group) is 1. The summed E-state index contributed by atoms with van der Waals surface area (Å²) in [6.07, 6.45) is 0. The van der Waals surface area contributed by atoms with Crippen LogP contribution in [0.5, 0.6) is 0 Å². The Morgan fingerprint density at radius 2 is 2.00 bits per heavy atom. The van der Waals surface area contributed by atoms with Crippen LogP contribution in [0.1, 0.15) is 6.92 Å². The summed E-state index contributed by atoms with van der Waals surface area (Å²) in [7, 11) is 3.36. The molecule has 0 aliphatic carbocycles. The number of rotatable bonds is 7. The molecule has 1 amide bonds. The van der Waals surface area contributed by atoms with Gasteiger partial charge < -0.3 is 14.4 Å². The smallest absolute Gasteiger partial charge is 0.248 e. The first-order chi connectivity index (χ1) is 6.59. The van der Waals surface area contributed by atoms with E-state index in [9.17, 15) is 4.79 Å². The molecule has 0 unspecified atom stereocenters. The van der Waals surface area contributed by atoms with E-state index in [1.165, 1.54) is 0 Å². The Bertz CT molecular complexity index is 192. The van der Waals surface area contributed by atoms with E-state index < -0.39 is 0 Å². The number of carbonyl (C=O) groups is 1. The minimum Gasteiger partial charge on any atom is -0.382 e. The second-order valence-corrected chi connectivity index (χ2v) is 3.11. The van der Waals surface area contributed by atoms with Crippen LogP contribution in [-0.2, 0) is 14.3 Å². The number of amides is 1. The highest BCUT2D eigenvalue weighted by molar-refractivity contribution is 5.91. The molecule has 4 nitrogen and oxygen atoms in total. The molecule has 0 N–H and O–H groups in total. The zero-order chi connectivity index (χ0) is 11.0. The summed E-state index contributed by atoms with van der Waals surface area (Å²) in [5.41, 5.74) is 0.546. The monoisotopic (exact) mass is 201 g/mol. The van der Waals surface area contributed by atoms with E-state index in [1.807, 2.05) is 0 Å². The van der Waals surface area contributed by atoms with Gasteiger partial charge in [0.05, 0.1) is 19.8 Å². The Hall–Kier alpha value is -0.870. The van der Waals surface area contributed by atoms with Crippen molar-refractivity contribution in [2.75, 3.05) is 40.5 Å². The first kappa shape index (κ1) is 13.1. The molecule has 0 atom stereocenters. The molecule has 0 aromatic heterocycles. The average molecular weight is 201 g/mol. The highest BCUT2D eigenvalue weighted by Crippen LogP contribution is 1.95. The fourth-order valence-electron chi connectivity index (χ4n) is 0.873. The second-order valence-electron chi connectivity index (χ2n) is 3.11. The molecule has 0 spiro atoms. The maximum absolute atomic E-state index is 11.3. The van der Waals surface area contributed by atoms with Gasteiger partial charge in [0.25, 0.3) is 0 Å². The van der Waals surface area contributed by atoms with Crippen LogP contribution in [0, 0.1) is 0 Å². The van der Waals surface area contributed by atoms with Gasteiger partial charge in [0, 0.05) is 26.3 Å². The van der Waals surface area contributed by atoms with Gasteiger partial charge in [-0.3, -0.25) is 4.79 Å². The Labute approximate surface area is 85.5 Å². The molecular weight excluding hydrogens is 182 g/mol. The van der Waals surface area contributed by atoms with Gasteiger partial charge in [0.15, 0.2) is 0 Å². The van der Waals surface area contributed by atoms with Gasteiger partial charge in [-0.05, 0) is 6.92 Å². The molecule has 4 heteroatoms. The minimum atomic E-state index is -0.0414. The zero-order valence-electron chi connectivity index (χ0n) is 9.21. The van der Waals surface area contributed by atoms with Crippen LogP contribution in [-0.4, -0.2) is 51.3 Å². The van der Waals surface area contributed by atoms with E-state index in [-0.39, 0.29) is 5.91 Å². The Morgan fingerprint density at radius 3 is 2.50 bits per heavy atom. The van der Waals surface area contributed by atoms with E-state index >= 15 is 0 Å². The topological polar surface area (TPSA) is 38.8 Å². The highest BCUT2D eigenvalue weighted by atomic mass is 16.5. The first-order valence-corrected chi connectivity index (χ1v) is 4.57. The van der Waals surface area contributed by atoms with Crippen LogP contribution in [0.3, 0.4) is 0 Å². The van der Waals surface area contributed by atoms with Gasteiger partial charge in [-0.15, -0.1) is 0 Å². The van der Waals surface area contributed by atoms with Gasteiger partial charge in [0.2, 0.25) is 5.91 Å². The van der Waals surface area contributed by atoms with Crippen LogP contribution in [0.15, 0.2) is 12.2 Å². The van der Waals surface area contributed by atoms with Crippen molar-refractivity contribution in [2.45, 2.75) is 6.92 Å². The summed E-state index contributed by atoms with van der Waals surface area (Å²) in [4.78, 5) is 12.9. The van der Waals surface area contributed by atoms with Gasteiger partial charge in [0.1, 0.15) is 0 Å². The van der Waals surface area contributed by atoms with Crippen LogP contribution in [0.4, 0.5) is 0 Å². The van der Waals surface area contributed by atoms with Crippen LogP contribution in [0.25, 0.3) is 0 Å². The first-order valence-electron chi connectivity index (χ1n) is 4.57. The van der Waals surface area contributed by atoms with Crippen molar-refractivity contribution in [1.29, 1.82) is 0 Å². The van der Waals surface area contributed by atoms with E-state index in [2.05, 4.69) is 6.58 Å². The molecular formula is C10H19NO3. The van der Waals surface area contributed by atoms with Crippen molar-refractivity contribution >= 4 is 5.91 Å². The standard InChI is InChI=1S/C10H19NO3/c1-9(2)10(12)11(3)5-6-14-8-7-13-4/h1,5-8H2,2-4H3. The van der Waals surface area contributed by atoms with Gasteiger partial charge >= 0.3 is 0 Å². The molecule has 0 aliphatic heterocycles. The van der Waals surface area contributed by atoms with Crippen molar-refractivity contribution in [3.05, 3.63) is 12.2 Å². The third-order valence-electron chi connectivity index (χ3n) is 1.71. The summed E-state index contributed by atoms with van der Waals surface area (Å²) in [6.45, 7) is 7.53. The molecule has 0 aromatic carbocycles. The number of carbonyl (C=O) groups excluding carboxylic acids is 1. The van der Waals surface area contributed by atoms with Crippen LogP contribution >= 0.6 is 0 Å². The van der Waals surface area contributed by atoms with Gasteiger partial charge in [-0.2, -0.15) is 0 Å². The number of ether oxygens (including phenoxy) is 2. The Balaban J connectivity index is 3.49. The lowest BCUT2D eigenvalue weighted by Gasteiger charge is -2.16. The lowest BCUT2D eigenvalue weighted by Crippen LogP contribution is -2.30. The fourth-order valence-corrected chi connectivity index (χ4v) is 0.873. The molecule has 0 saturated carbocycles. The SMILES string of the molecule is C=C(C)C(=O)N(C)CCOCCOC. The number of hydrogen-bond donors (Lipinski definition) is 0. The quantitative estimate of drug-likeness (QED) is 0.449. The molecule has 0 saturated heterocycles. The molecule has 82 valence electrons. The highest BCUT2D eigenvalue weighted by Gasteiger charge is 2.07.